The van der Waals surface area contributed by atoms with E-state index in [4.69, 9.17) is 0 Å². The molecule has 0 aliphatic carbocycles. The van der Waals surface area contributed by atoms with Gasteiger partial charge in [-0.15, -0.1) is 0 Å². The zero-order valence-corrected chi connectivity index (χ0v) is 15.4. The molecule has 6 nitrogen and oxygen atoms in total. The lowest BCUT2D eigenvalue weighted by molar-refractivity contribution is 0.0946. The van der Waals surface area contributed by atoms with Gasteiger partial charge in [0.2, 0.25) is 0 Å². The second-order valence-corrected chi connectivity index (χ2v) is 6.15. The van der Waals surface area contributed by atoms with Crippen LogP contribution in [0.25, 0.3) is 11.4 Å². The van der Waals surface area contributed by atoms with Crippen molar-refractivity contribution in [2.45, 2.75) is 26.3 Å². The summed E-state index contributed by atoms with van der Waals surface area (Å²) in [7, 11) is 0. The Hall–Kier alpha value is -3.28. The van der Waals surface area contributed by atoms with Gasteiger partial charge >= 0.3 is 0 Å². The Kier molecular flexibility index (Phi) is 6.46. The van der Waals surface area contributed by atoms with E-state index in [1.165, 1.54) is 0 Å². The van der Waals surface area contributed by atoms with Gasteiger partial charge in [0, 0.05) is 37.1 Å². The summed E-state index contributed by atoms with van der Waals surface area (Å²) < 4.78 is 0. The fourth-order valence-electron chi connectivity index (χ4n) is 2.54. The quantitative estimate of drug-likeness (QED) is 0.598. The summed E-state index contributed by atoms with van der Waals surface area (Å²) in [6, 6.07) is 15.1. The van der Waals surface area contributed by atoms with Crippen LogP contribution in [0.1, 0.15) is 35.8 Å². The fraction of sp³-hybridized carbons (Fsp3) is 0.238. The van der Waals surface area contributed by atoms with Crippen molar-refractivity contribution in [3.63, 3.8) is 0 Å². The topological polar surface area (TPSA) is 79.8 Å². The minimum absolute atomic E-state index is 0.239. The van der Waals surface area contributed by atoms with E-state index in [9.17, 15) is 4.79 Å². The fourth-order valence-corrected chi connectivity index (χ4v) is 2.54. The standard InChI is InChI=1S/C21H23N5O/c1-2-3-12-23-19-13-18(21(27)24-15-16-8-7-11-22-14-16)25-20(26-19)17-9-5-4-6-10-17/h4-11,13-14H,2-3,12,15H2,1H3,(H,24,27)(H,23,25,26). The summed E-state index contributed by atoms with van der Waals surface area (Å²) in [5, 5.41) is 6.18. The normalized spacial score (nSPS) is 10.4. The van der Waals surface area contributed by atoms with E-state index in [0.29, 0.717) is 23.9 Å². The molecule has 1 amide bonds. The molecule has 0 fully saturated rings. The molecule has 0 saturated heterocycles. The second kappa shape index (κ2) is 9.43. The number of benzene rings is 1. The summed E-state index contributed by atoms with van der Waals surface area (Å²) in [6.07, 6.45) is 5.55. The monoisotopic (exact) mass is 361 g/mol. The van der Waals surface area contributed by atoms with Gasteiger partial charge in [0.1, 0.15) is 11.5 Å². The first-order chi connectivity index (χ1) is 13.3. The highest BCUT2D eigenvalue weighted by atomic mass is 16.1. The van der Waals surface area contributed by atoms with Crippen molar-refractivity contribution < 1.29 is 4.79 Å². The molecule has 0 radical (unpaired) electrons. The number of anilines is 1. The summed E-state index contributed by atoms with van der Waals surface area (Å²) in [4.78, 5) is 25.7. The maximum atomic E-state index is 12.6. The molecule has 1 aromatic carbocycles. The first-order valence-corrected chi connectivity index (χ1v) is 9.11. The lowest BCUT2D eigenvalue weighted by Crippen LogP contribution is -2.24. The van der Waals surface area contributed by atoms with Crippen LogP contribution in [0.3, 0.4) is 0 Å². The third-order valence-corrected chi connectivity index (χ3v) is 4.00. The summed E-state index contributed by atoms with van der Waals surface area (Å²) >= 11 is 0. The van der Waals surface area contributed by atoms with Gasteiger partial charge < -0.3 is 10.6 Å². The average molecular weight is 361 g/mol. The third kappa shape index (κ3) is 5.34. The minimum Gasteiger partial charge on any atom is -0.370 e. The Balaban J connectivity index is 1.81. The van der Waals surface area contributed by atoms with Crippen molar-refractivity contribution >= 4 is 11.7 Å². The molecule has 27 heavy (non-hydrogen) atoms. The van der Waals surface area contributed by atoms with Crippen molar-refractivity contribution in [1.82, 2.24) is 20.3 Å². The maximum absolute atomic E-state index is 12.6. The number of nitrogens with zero attached hydrogens (tertiary/aromatic N) is 3. The highest BCUT2D eigenvalue weighted by molar-refractivity contribution is 5.93. The lowest BCUT2D eigenvalue weighted by atomic mass is 10.2. The van der Waals surface area contributed by atoms with Crippen LogP contribution in [-0.4, -0.2) is 27.4 Å². The Morgan fingerprint density at radius 1 is 1.07 bits per heavy atom. The molecule has 6 heteroatoms. The smallest absolute Gasteiger partial charge is 0.270 e. The predicted octanol–water partition coefficient (Wildman–Crippen LogP) is 3.68. The van der Waals surface area contributed by atoms with Crippen LogP contribution in [0.2, 0.25) is 0 Å². The highest BCUT2D eigenvalue weighted by Crippen LogP contribution is 2.18. The van der Waals surface area contributed by atoms with Gasteiger partial charge in [-0.2, -0.15) is 0 Å². The molecule has 0 saturated carbocycles. The van der Waals surface area contributed by atoms with Crippen molar-refractivity contribution in [2.24, 2.45) is 0 Å². The number of amides is 1. The average Bonchev–Trinajstić information content (AvgIpc) is 2.73. The van der Waals surface area contributed by atoms with E-state index in [1.807, 2.05) is 42.5 Å². The molecule has 0 bridgehead atoms. The van der Waals surface area contributed by atoms with E-state index in [-0.39, 0.29) is 5.91 Å². The first-order valence-electron chi connectivity index (χ1n) is 9.11. The largest absolute Gasteiger partial charge is 0.370 e. The zero-order valence-electron chi connectivity index (χ0n) is 15.4. The van der Waals surface area contributed by atoms with Gasteiger partial charge in [0.15, 0.2) is 5.82 Å². The molecule has 3 aromatic rings. The third-order valence-electron chi connectivity index (χ3n) is 4.00. The van der Waals surface area contributed by atoms with E-state index < -0.39 is 0 Å². The molecule has 138 valence electrons. The number of hydrogen-bond acceptors (Lipinski definition) is 5. The van der Waals surface area contributed by atoms with Crippen LogP contribution < -0.4 is 10.6 Å². The van der Waals surface area contributed by atoms with E-state index in [1.54, 1.807) is 18.5 Å². The molecule has 0 atom stereocenters. The zero-order chi connectivity index (χ0) is 18.9. The Bertz CT molecular complexity index is 868. The molecule has 0 unspecified atom stereocenters. The van der Waals surface area contributed by atoms with Crippen molar-refractivity contribution in [2.75, 3.05) is 11.9 Å². The Morgan fingerprint density at radius 3 is 2.67 bits per heavy atom. The summed E-state index contributed by atoms with van der Waals surface area (Å²) in [6.45, 7) is 3.34. The number of carbonyl (C=O) groups excluding carboxylic acids is 1. The number of hydrogen-bond donors (Lipinski definition) is 2. The van der Waals surface area contributed by atoms with Gasteiger partial charge in [-0.25, -0.2) is 9.97 Å². The Morgan fingerprint density at radius 2 is 1.93 bits per heavy atom. The number of unbranched alkanes of at least 4 members (excludes halogenated alkanes) is 1. The van der Waals surface area contributed by atoms with Crippen LogP contribution >= 0.6 is 0 Å². The maximum Gasteiger partial charge on any atom is 0.270 e. The number of carbonyl (C=O) groups is 1. The van der Waals surface area contributed by atoms with E-state index in [2.05, 4.69) is 32.5 Å². The first kappa shape index (κ1) is 18.5. The molecule has 2 N–H and O–H groups in total. The van der Waals surface area contributed by atoms with Gasteiger partial charge in [-0.05, 0) is 18.1 Å². The van der Waals surface area contributed by atoms with Gasteiger partial charge in [0.25, 0.3) is 5.91 Å². The lowest BCUT2D eigenvalue weighted by Gasteiger charge is -2.10. The van der Waals surface area contributed by atoms with Gasteiger partial charge in [-0.3, -0.25) is 9.78 Å². The highest BCUT2D eigenvalue weighted by Gasteiger charge is 2.13. The van der Waals surface area contributed by atoms with E-state index >= 15 is 0 Å². The van der Waals surface area contributed by atoms with Crippen LogP contribution in [0, 0.1) is 0 Å². The van der Waals surface area contributed by atoms with Crippen molar-refractivity contribution in [3.8, 4) is 11.4 Å². The van der Waals surface area contributed by atoms with Crippen molar-refractivity contribution in [3.05, 3.63) is 72.2 Å². The van der Waals surface area contributed by atoms with Crippen LogP contribution in [-0.2, 0) is 6.54 Å². The number of pyridine rings is 1. The predicted molar refractivity (Wildman–Crippen MR) is 106 cm³/mol. The van der Waals surface area contributed by atoms with Crippen molar-refractivity contribution in [1.29, 1.82) is 0 Å². The second-order valence-electron chi connectivity index (χ2n) is 6.15. The van der Waals surface area contributed by atoms with E-state index in [0.717, 1.165) is 30.5 Å². The molecular formula is C21H23N5O. The molecule has 3 rings (SSSR count). The van der Waals surface area contributed by atoms with Gasteiger partial charge in [0.05, 0.1) is 0 Å². The molecule has 0 aliphatic rings. The SMILES string of the molecule is CCCCNc1cc(C(=O)NCc2cccnc2)nc(-c2ccccc2)n1. The molecule has 2 heterocycles. The number of aromatic nitrogens is 3. The minimum atomic E-state index is -0.239. The van der Waals surface area contributed by atoms with Gasteiger partial charge in [-0.1, -0.05) is 49.7 Å². The number of rotatable bonds is 8. The summed E-state index contributed by atoms with van der Waals surface area (Å²) in [5.74, 6) is 0.949. The molecule has 0 spiro atoms. The Labute approximate surface area is 159 Å². The molecular weight excluding hydrogens is 338 g/mol. The van der Waals surface area contributed by atoms with Crippen LogP contribution in [0.5, 0.6) is 0 Å². The van der Waals surface area contributed by atoms with Crippen LogP contribution in [0.4, 0.5) is 5.82 Å². The summed E-state index contributed by atoms with van der Waals surface area (Å²) in [5.41, 5.74) is 2.15. The van der Waals surface area contributed by atoms with Crippen LogP contribution in [0.15, 0.2) is 60.9 Å². The molecule has 0 aliphatic heterocycles. The molecule has 2 aromatic heterocycles. The number of nitrogens with one attached hydrogen (secondary N) is 2.